The molecule has 0 unspecified atom stereocenters. The molecule has 0 saturated heterocycles. The minimum absolute atomic E-state index is 0.356. The maximum absolute atomic E-state index is 11.5. The van der Waals surface area contributed by atoms with E-state index < -0.39 is 0 Å². The van der Waals surface area contributed by atoms with Gasteiger partial charge < -0.3 is 14.5 Å². The highest BCUT2D eigenvalue weighted by atomic mass is 16.6. The van der Waals surface area contributed by atoms with Crippen LogP contribution in [0.25, 0.3) is 6.08 Å². The van der Waals surface area contributed by atoms with E-state index in [0.29, 0.717) is 5.75 Å². The molecule has 0 saturated carbocycles. The molecule has 0 radical (unpaired) electrons. The summed E-state index contributed by atoms with van der Waals surface area (Å²) in [6.45, 7) is 0.833. The Hall–Kier alpha value is -1.97. The Morgan fingerprint density at radius 2 is 2.18 bits per heavy atom. The molecule has 1 amide bonds. The van der Waals surface area contributed by atoms with Crippen molar-refractivity contribution in [1.29, 1.82) is 0 Å². The molecule has 0 N–H and O–H groups in total. The lowest BCUT2D eigenvalue weighted by Crippen LogP contribution is -2.26. The van der Waals surface area contributed by atoms with Crippen molar-refractivity contribution in [2.24, 2.45) is 0 Å². The summed E-state index contributed by atoms with van der Waals surface area (Å²) in [4.78, 5) is 15.0. The maximum Gasteiger partial charge on any atom is 0.414 e. The number of benzene rings is 1. The van der Waals surface area contributed by atoms with Crippen LogP contribution >= 0.6 is 0 Å². The minimum atomic E-state index is -0.356. The fourth-order valence-electron chi connectivity index (χ4n) is 1.71. The first-order valence-corrected chi connectivity index (χ1v) is 5.47. The lowest BCUT2D eigenvalue weighted by molar-refractivity contribution is 0.171. The highest BCUT2D eigenvalue weighted by molar-refractivity contribution is 5.73. The molecule has 1 heterocycles. The fourth-order valence-corrected chi connectivity index (χ4v) is 1.71. The molecule has 4 heteroatoms. The Bertz CT molecular complexity index is 466. The largest absolute Gasteiger partial charge is 0.414 e. The average Bonchev–Trinajstić information content (AvgIpc) is 2.28. The van der Waals surface area contributed by atoms with Gasteiger partial charge in [0.2, 0.25) is 0 Å². The van der Waals surface area contributed by atoms with Crippen molar-refractivity contribution in [2.75, 3.05) is 21.1 Å². The van der Waals surface area contributed by atoms with Crippen LogP contribution < -0.4 is 4.74 Å². The zero-order chi connectivity index (χ0) is 12.4. The molecule has 0 aliphatic carbocycles. The molecule has 0 aromatic heterocycles. The lowest BCUT2D eigenvalue weighted by Gasteiger charge is -2.22. The van der Waals surface area contributed by atoms with Gasteiger partial charge in [0.05, 0.1) is 0 Å². The zero-order valence-electron chi connectivity index (χ0n) is 10.3. The standard InChI is InChI=1S/C13H16N2O2/c1-14(2)13(16)17-12-6-4-5-10-9-15(3)8-7-11(10)12/h4-8H,9H2,1-3H3. The van der Waals surface area contributed by atoms with Crippen molar-refractivity contribution < 1.29 is 9.53 Å². The van der Waals surface area contributed by atoms with Crippen LogP contribution in [0.1, 0.15) is 11.1 Å². The maximum atomic E-state index is 11.5. The number of rotatable bonds is 1. The van der Waals surface area contributed by atoms with Crippen molar-refractivity contribution in [2.45, 2.75) is 6.54 Å². The minimum Gasteiger partial charge on any atom is -0.410 e. The van der Waals surface area contributed by atoms with Crippen LogP contribution in [0.3, 0.4) is 0 Å². The zero-order valence-corrected chi connectivity index (χ0v) is 10.3. The predicted octanol–water partition coefficient (Wildman–Crippen LogP) is 2.16. The Balaban J connectivity index is 2.29. The number of fused-ring (bicyclic) bond motifs is 1. The van der Waals surface area contributed by atoms with E-state index in [4.69, 9.17) is 4.74 Å². The molecule has 1 aromatic rings. The summed E-state index contributed by atoms with van der Waals surface area (Å²) in [7, 11) is 5.35. The Kier molecular flexibility index (Phi) is 3.04. The Morgan fingerprint density at radius 3 is 2.88 bits per heavy atom. The number of amides is 1. The molecule has 2 rings (SSSR count). The normalized spacial score (nSPS) is 13.2. The number of hydrogen-bond donors (Lipinski definition) is 0. The second-order valence-corrected chi connectivity index (χ2v) is 4.32. The van der Waals surface area contributed by atoms with Crippen LogP contribution in [0, 0.1) is 0 Å². The quantitative estimate of drug-likeness (QED) is 0.744. The van der Waals surface area contributed by atoms with E-state index in [1.165, 1.54) is 10.5 Å². The highest BCUT2D eigenvalue weighted by Crippen LogP contribution is 2.28. The van der Waals surface area contributed by atoms with Crippen LogP contribution in [0.5, 0.6) is 5.75 Å². The molecular formula is C13H16N2O2. The van der Waals surface area contributed by atoms with Crippen LogP contribution in [0.4, 0.5) is 4.79 Å². The number of ether oxygens (including phenoxy) is 1. The Labute approximate surface area is 101 Å². The predicted molar refractivity (Wildman–Crippen MR) is 66.7 cm³/mol. The van der Waals surface area contributed by atoms with Crippen LogP contribution in [0.15, 0.2) is 24.4 Å². The van der Waals surface area contributed by atoms with E-state index in [1.54, 1.807) is 14.1 Å². The molecule has 1 aromatic carbocycles. The first-order chi connectivity index (χ1) is 8.08. The molecule has 0 bridgehead atoms. The number of carbonyl (C=O) groups is 1. The van der Waals surface area contributed by atoms with Crippen molar-refractivity contribution >= 4 is 12.2 Å². The van der Waals surface area contributed by atoms with E-state index in [-0.39, 0.29) is 6.09 Å². The molecular weight excluding hydrogens is 216 g/mol. The van der Waals surface area contributed by atoms with Crippen molar-refractivity contribution in [3.63, 3.8) is 0 Å². The van der Waals surface area contributed by atoms with Crippen LogP contribution in [-0.2, 0) is 6.54 Å². The van der Waals surface area contributed by atoms with Gasteiger partial charge in [-0.1, -0.05) is 12.1 Å². The van der Waals surface area contributed by atoms with Gasteiger partial charge in [-0.2, -0.15) is 0 Å². The number of nitrogens with zero attached hydrogens (tertiary/aromatic N) is 2. The number of carbonyl (C=O) groups excluding carboxylic acids is 1. The van der Waals surface area contributed by atoms with Gasteiger partial charge in [0.1, 0.15) is 5.75 Å². The van der Waals surface area contributed by atoms with E-state index in [1.807, 2.05) is 37.5 Å². The third-order valence-corrected chi connectivity index (χ3v) is 2.63. The van der Waals surface area contributed by atoms with Gasteiger partial charge in [0, 0.05) is 33.3 Å². The molecule has 0 atom stereocenters. The number of hydrogen-bond acceptors (Lipinski definition) is 3. The first kappa shape index (κ1) is 11.5. The van der Waals surface area contributed by atoms with Crippen LogP contribution in [-0.4, -0.2) is 37.0 Å². The summed E-state index contributed by atoms with van der Waals surface area (Å²) in [5, 5.41) is 0. The molecule has 1 aliphatic rings. The summed E-state index contributed by atoms with van der Waals surface area (Å²) < 4.78 is 5.33. The van der Waals surface area contributed by atoms with Gasteiger partial charge in [-0.05, 0) is 23.9 Å². The van der Waals surface area contributed by atoms with Crippen molar-refractivity contribution in [1.82, 2.24) is 9.80 Å². The first-order valence-electron chi connectivity index (χ1n) is 5.47. The lowest BCUT2D eigenvalue weighted by atomic mass is 10.0. The highest BCUT2D eigenvalue weighted by Gasteiger charge is 2.15. The molecule has 1 aliphatic heterocycles. The molecule has 90 valence electrons. The SMILES string of the molecule is CN1C=Cc2c(cccc2OC(=O)N(C)C)C1. The second-order valence-electron chi connectivity index (χ2n) is 4.32. The second kappa shape index (κ2) is 4.49. The topological polar surface area (TPSA) is 32.8 Å². The smallest absolute Gasteiger partial charge is 0.410 e. The van der Waals surface area contributed by atoms with E-state index in [9.17, 15) is 4.79 Å². The van der Waals surface area contributed by atoms with Crippen LogP contribution in [0.2, 0.25) is 0 Å². The monoisotopic (exact) mass is 232 g/mol. The van der Waals surface area contributed by atoms with Gasteiger partial charge in [-0.25, -0.2) is 4.79 Å². The average molecular weight is 232 g/mol. The summed E-state index contributed by atoms with van der Waals surface area (Å²) in [6, 6.07) is 5.77. The summed E-state index contributed by atoms with van der Waals surface area (Å²) >= 11 is 0. The molecule has 0 spiro atoms. The van der Waals surface area contributed by atoms with E-state index >= 15 is 0 Å². The van der Waals surface area contributed by atoms with Gasteiger partial charge >= 0.3 is 6.09 Å². The fraction of sp³-hybridized carbons (Fsp3) is 0.308. The van der Waals surface area contributed by atoms with Crippen molar-refractivity contribution in [3.8, 4) is 5.75 Å². The summed E-state index contributed by atoms with van der Waals surface area (Å²) in [6.07, 6.45) is 3.60. The van der Waals surface area contributed by atoms with Gasteiger partial charge in [0.25, 0.3) is 0 Å². The van der Waals surface area contributed by atoms with Gasteiger partial charge in [-0.3, -0.25) is 0 Å². The summed E-state index contributed by atoms with van der Waals surface area (Å²) in [5.41, 5.74) is 2.15. The van der Waals surface area contributed by atoms with E-state index in [0.717, 1.165) is 12.1 Å². The third kappa shape index (κ3) is 2.41. The van der Waals surface area contributed by atoms with Crippen molar-refractivity contribution in [3.05, 3.63) is 35.5 Å². The third-order valence-electron chi connectivity index (χ3n) is 2.63. The Morgan fingerprint density at radius 1 is 1.41 bits per heavy atom. The molecule has 0 fully saturated rings. The molecule has 17 heavy (non-hydrogen) atoms. The molecule has 4 nitrogen and oxygen atoms in total. The van der Waals surface area contributed by atoms with Gasteiger partial charge in [-0.15, -0.1) is 0 Å². The van der Waals surface area contributed by atoms with E-state index in [2.05, 4.69) is 4.90 Å². The summed E-state index contributed by atoms with van der Waals surface area (Å²) in [5.74, 6) is 0.616. The van der Waals surface area contributed by atoms with Gasteiger partial charge in [0.15, 0.2) is 0 Å².